The first-order valence-electron chi connectivity index (χ1n) is 8.33. The summed E-state index contributed by atoms with van der Waals surface area (Å²) >= 11 is 0. The van der Waals surface area contributed by atoms with Crippen LogP contribution >= 0.6 is 0 Å². The van der Waals surface area contributed by atoms with Gasteiger partial charge in [0.15, 0.2) is 0 Å². The second kappa shape index (κ2) is 9.38. The predicted octanol–water partition coefficient (Wildman–Crippen LogP) is 1.51. The standard InChI is InChI=1S/C16H33N3O2/c1-4-10-18-16(2,15(17)20)9-7-11-19(3)13-14-8-5-6-12-21-14/h14,18H,4-13H2,1-3H3,(H2,17,20). The summed E-state index contributed by atoms with van der Waals surface area (Å²) in [6.07, 6.45) is 6.75. The van der Waals surface area contributed by atoms with E-state index in [-0.39, 0.29) is 5.91 Å². The molecule has 0 saturated carbocycles. The number of primary amides is 1. The highest BCUT2D eigenvalue weighted by Gasteiger charge is 2.29. The van der Waals surface area contributed by atoms with Crippen molar-refractivity contribution in [3.8, 4) is 0 Å². The maximum Gasteiger partial charge on any atom is 0.237 e. The molecule has 0 aromatic rings. The maximum absolute atomic E-state index is 11.6. The number of nitrogens with one attached hydrogen (secondary N) is 1. The van der Waals surface area contributed by atoms with Gasteiger partial charge in [0.2, 0.25) is 5.91 Å². The molecule has 2 unspecified atom stereocenters. The van der Waals surface area contributed by atoms with Crippen molar-refractivity contribution in [2.24, 2.45) is 5.73 Å². The quantitative estimate of drug-likeness (QED) is 0.642. The van der Waals surface area contributed by atoms with Crippen molar-refractivity contribution in [1.29, 1.82) is 0 Å². The minimum absolute atomic E-state index is 0.255. The summed E-state index contributed by atoms with van der Waals surface area (Å²) in [4.78, 5) is 13.9. The Morgan fingerprint density at radius 3 is 2.81 bits per heavy atom. The van der Waals surface area contributed by atoms with E-state index in [4.69, 9.17) is 10.5 Å². The van der Waals surface area contributed by atoms with Crippen LogP contribution in [0.15, 0.2) is 0 Å². The molecule has 2 atom stereocenters. The van der Waals surface area contributed by atoms with Crippen LogP contribution in [0.5, 0.6) is 0 Å². The normalized spacial score (nSPS) is 22.2. The van der Waals surface area contributed by atoms with Crippen LogP contribution in [0.2, 0.25) is 0 Å². The molecule has 1 aliphatic heterocycles. The minimum atomic E-state index is -0.585. The molecule has 1 aliphatic rings. The van der Waals surface area contributed by atoms with Crippen LogP contribution in [-0.2, 0) is 9.53 Å². The Morgan fingerprint density at radius 1 is 1.48 bits per heavy atom. The Bertz CT molecular complexity index is 306. The van der Waals surface area contributed by atoms with Gasteiger partial charge in [0.05, 0.1) is 11.6 Å². The van der Waals surface area contributed by atoms with Gasteiger partial charge < -0.3 is 20.7 Å². The molecule has 0 spiro atoms. The van der Waals surface area contributed by atoms with Crippen molar-refractivity contribution in [1.82, 2.24) is 10.2 Å². The molecule has 1 heterocycles. The van der Waals surface area contributed by atoms with Gasteiger partial charge in [-0.1, -0.05) is 6.92 Å². The number of hydrogen-bond acceptors (Lipinski definition) is 4. The Kier molecular flexibility index (Phi) is 8.22. The van der Waals surface area contributed by atoms with Gasteiger partial charge in [-0.2, -0.15) is 0 Å². The number of amides is 1. The zero-order chi connectivity index (χ0) is 15.7. The molecule has 1 saturated heterocycles. The first-order chi connectivity index (χ1) is 9.98. The summed E-state index contributed by atoms with van der Waals surface area (Å²) in [6.45, 7) is 7.68. The van der Waals surface area contributed by atoms with E-state index in [1.165, 1.54) is 19.3 Å². The van der Waals surface area contributed by atoms with Crippen molar-refractivity contribution in [2.75, 3.05) is 33.3 Å². The van der Waals surface area contributed by atoms with Gasteiger partial charge >= 0.3 is 0 Å². The van der Waals surface area contributed by atoms with Crippen LogP contribution < -0.4 is 11.1 Å². The fourth-order valence-electron chi connectivity index (χ4n) is 2.79. The lowest BCUT2D eigenvalue weighted by Crippen LogP contribution is -2.53. The summed E-state index contributed by atoms with van der Waals surface area (Å²) < 4.78 is 5.76. The second-order valence-corrected chi connectivity index (χ2v) is 6.48. The molecule has 0 radical (unpaired) electrons. The minimum Gasteiger partial charge on any atom is -0.377 e. The molecule has 124 valence electrons. The van der Waals surface area contributed by atoms with E-state index < -0.39 is 5.54 Å². The predicted molar refractivity (Wildman–Crippen MR) is 86.2 cm³/mol. The van der Waals surface area contributed by atoms with Crippen molar-refractivity contribution in [3.05, 3.63) is 0 Å². The third-order valence-corrected chi connectivity index (χ3v) is 4.31. The van der Waals surface area contributed by atoms with Gasteiger partial charge in [0.25, 0.3) is 0 Å². The van der Waals surface area contributed by atoms with Crippen LogP contribution in [0, 0.1) is 0 Å². The van der Waals surface area contributed by atoms with Gasteiger partial charge in [-0.05, 0) is 65.6 Å². The van der Waals surface area contributed by atoms with Crippen molar-refractivity contribution >= 4 is 5.91 Å². The van der Waals surface area contributed by atoms with Gasteiger partial charge in [-0.15, -0.1) is 0 Å². The molecule has 3 N–H and O–H groups in total. The van der Waals surface area contributed by atoms with E-state index in [1.807, 2.05) is 6.92 Å². The lowest BCUT2D eigenvalue weighted by molar-refractivity contribution is -0.124. The van der Waals surface area contributed by atoms with E-state index in [1.54, 1.807) is 0 Å². The van der Waals surface area contributed by atoms with Gasteiger partial charge in [-0.25, -0.2) is 0 Å². The molecular weight excluding hydrogens is 266 g/mol. The fourth-order valence-corrected chi connectivity index (χ4v) is 2.79. The van der Waals surface area contributed by atoms with Crippen LogP contribution in [0.25, 0.3) is 0 Å². The third kappa shape index (κ3) is 6.76. The molecule has 1 amide bonds. The average Bonchev–Trinajstić information content (AvgIpc) is 2.46. The zero-order valence-corrected chi connectivity index (χ0v) is 14.0. The Balaban J connectivity index is 2.27. The van der Waals surface area contributed by atoms with Crippen molar-refractivity contribution < 1.29 is 9.53 Å². The zero-order valence-electron chi connectivity index (χ0n) is 14.0. The van der Waals surface area contributed by atoms with Crippen LogP contribution in [0.3, 0.4) is 0 Å². The van der Waals surface area contributed by atoms with Gasteiger partial charge in [0.1, 0.15) is 0 Å². The summed E-state index contributed by atoms with van der Waals surface area (Å²) in [5.41, 5.74) is 4.96. The number of likely N-dealkylation sites (N-methyl/N-ethyl adjacent to an activating group) is 1. The molecule has 0 bridgehead atoms. The van der Waals surface area contributed by atoms with Gasteiger partial charge in [0, 0.05) is 13.2 Å². The molecule has 5 nitrogen and oxygen atoms in total. The number of rotatable bonds is 10. The number of ether oxygens (including phenoxy) is 1. The van der Waals surface area contributed by atoms with E-state index in [0.29, 0.717) is 6.10 Å². The van der Waals surface area contributed by atoms with E-state index in [0.717, 1.165) is 45.5 Å². The molecule has 1 rings (SSSR count). The smallest absolute Gasteiger partial charge is 0.237 e. The SMILES string of the molecule is CCCNC(C)(CCCN(C)CC1CCCCO1)C(N)=O. The molecule has 1 fully saturated rings. The monoisotopic (exact) mass is 299 g/mol. The second-order valence-electron chi connectivity index (χ2n) is 6.48. The first-order valence-corrected chi connectivity index (χ1v) is 8.33. The molecule has 0 aromatic heterocycles. The van der Waals surface area contributed by atoms with Crippen LogP contribution in [-0.4, -0.2) is 55.7 Å². The maximum atomic E-state index is 11.6. The molecule has 0 aliphatic carbocycles. The highest BCUT2D eigenvalue weighted by Crippen LogP contribution is 2.15. The largest absolute Gasteiger partial charge is 0.377 e. The molecular formula is C16H33N3O2. The topological polar surface area (TPSA) is 67.6 Å². The molecule has 21 heavy (non-hydrogen) atoms. The number of carbonyl (C=O) groups is 1. The summed E-state index contributed by atoms with van der Waals surface area (Å²) in [5.74, 6) is -0.255. The van der Waals surface area contributed by atoms with Crippen LogP contribution in [0.1, 0.15) is 52.4 Å². The van der Waals surface area contributed by atoms with Crippen molar-refractivity contribution in [3.63, 3.8) is 0 Å². The number of nitrogens with two attached hydrogens (primary N) is 1. The number of carbonyl (C=O) groups excluding carboxylic acids is 1. The number of nitrogens with zero attached hydrogens (tertiary/aromatic N) is 1. The summed E-state index contributed by atoms with van der Waals surface area (Å²) in [5, 5.41) is 3.28. The third-order valence-electron chi connectivity index (χ3n) is 4.31. The number of hydrogen-bond donors (Lipinski definition) is 2. The van der Waals surface area contributed by atoms with Crippen LogP contribution in [0.4, 0.5) is 0 Å². The van der Waals surface area contributed by atoms with E-state index in [2.05, 4.69) is 24.2 Å². The average molecular weight is 299 g/mol. The Hall–Kier alpha value is -0.650. The highest BCUT2D eigenvalue weighted by molar-refractivity contribution is 5.84. The summed E-state index contributed by atoms with van der Waals surface area (Å²) in [7, 11) is 2.12. The molecule has 0 aromatic carbocycles. The van der Waals surface area contributed by atoms with E-state index in [9.17, 15) is 4.79 Å². The van der Waals surface area contributed by atoms with E-state index >= 15 is 0 Å². The highest BCUT2D eigenvalue weighted by atomic mass is 16.5. The molecule has 5 heteroatoms. The Labute approximate surface area is 129 Å². The fraction of sp³-hybridized carbons (Fsp3) is 0.938. The lowest BCUT2D eigenvalue weighted by Gasteiger charge is -2.30. The summed E-state index contributed by atoms with van der Waals surface area (Å²) in [6, 6.07) is 0. The first kappa shape index (κ1) is 18.4. The van der Waals surface area contributed by atoms with Crippen molar-refractivity contribution in [2.45, 2.75) is 64.0 Å². The van der Waals surface area contributed by atoms with Gasteiger partial charge in [-0.3, -0.25) is 4.79 Å². The lowest BCUT2D eigenvalue weighted by atomic mass is 9.94. The Morgan fingerprint density at radius 2 is 2.24 bits per heavy atom.